The van der Waals surface area contributed by atoms with E-state index in [2.05, 4.69) is 31.1 Å². The number of nitrogens with zero attached hydrogens (tertiary/aromatic N) is 2. The standard InChI is InChI=1S/C15H14BrN3O2/c16-11-4-3-10(13-9(11)2-1-5-17-13)14-18-15(20)12-8-21-7-6-19(12)14/h1-5,12,14H,6-8H2,(H,18,20)/t12-,14+/m1/s1. The Balaban J connectivity index is 1.83. The molecule has 1 amide bonds. The van der Waals surface area contributed by atoms with E-state index in [0.29, 0.717) is 13.2 Å². The molecular formula is C15H14BrN3O2. The summed E-state index contributed by atoms with van der Waals surface area (Å²) in [6.45, 7) is 1.87. The van der Waals surface area contributed by atoms with E-state index < -0.39 is 0 Å². The zero-order valence-electron chi connectivity index (χ0n) is 11.3. The second-order valence-corrected chi connectivity index (χ2v) is 6.13. The van der Waals surface area contributed by atoms with Crippen molar-refractivity contribution in [1.29, 1.82) is 0 Å². The molecule has 1 N–H and O–H groups in total. The van der Waals surface area contributed by atoms with E-state index in [1.807, 2.05) is 24.3 Å². The SMILES string of the molecule is O=C1N[C@H](c2ccc(Br)c3cccnc23)N2CCOC[C@H]12. The van der Waals surface area contributed by atoms with Gasteiger partial charge in [0.1, 0.15) is 12.2 Å². The van der Waals surface area contributed by atoms with Crippen LogP contribution in [-0.2, 0) is 9.53 Å². The highest BCUT2D eigenvalue weighted by atomic mass is 79.9. The molecule has 0 unspecified atom stereocenters. The number of carbonyl (C=O) groups excluding carboxylic acids is 1. The largest absolute Gasteiger partial charge is 0.378 e. The summed E-state index contributed by atoms with van der Waals surface area (Å²) < 4.78 is 6.43. The van der Waals surface area contributed by atoms with Gasteiger partial charge in [0.15, 0.2) is 0 Å². The summed E-state index contributed by atoms with van der Waals surface area (Å²) in [5.74, 6) is 0.0340. The maximum absolute atomic E-state index is 12.1. The molecule has 2 aliphatic heterocycles. The number of fused-ring (bicyclic) bond motifs is 2. The Bertz CT molecular complexity index is 721. The monoisotopic (exact) mass is 347 g/mol. The Morgan fingerprint density at radius 2 is 2.29 bits per heavy atom. The van der Waals surface area contributed by atoms with Crippen LogP contribution in [0.1, 0.15) is 11.7 Å². The zero-order valence-corrected chi connectivity index (χ0v) is 12.8. The van der Waals surface area contributed by atoms with E-state index in [1.165, 1.54) is 0 Å². The number of hydrogen-bond acceptors (Lipinski definition) is 4. The van der Waals surface area contributed by atoms with Crippen molar-refractivity contribution in [1.82, 2.24) is 15.2 Å². The van der Waals surface area contributed by atoms with Gasteiger partial charge in [-0.3, -0.25) is 14.7 Å². The summed E-state index contributed by atoms with van der Waals surface area (Å²) in [7, 11) is 0. The average Bonchev–Trinajstić information content (AvgIpc) is 2.86. The molecule has 2 aliphatic rings. The number of rotatable bonds is 1. The predicted molar refractivity (Wildman–Crippen MR) is 81.6 cm³/mol. The number of amides is 1. The molecule has 1 aromatic carbocycles. The molecule has 6 heteroatoms. The smallest absolute Gasteiger partial charge is 0.241 e. The second kappa shape index (κ2) is 5.05. The summed E-state index contributed by atoms with van der Waals surface area (Å²) >= 11 is 3.56. The number of ether oxygens (including phenoxy) is 1. The molecule has 2 atom stereocenters. The van der Waals surface area contributed by atoms with Gasteiger partial charge in [-0.2, -0.15) is 0 Å². The van der Waals surface area contributed by atoms with Crippen LogP contribution in [0.25, 0.3) is 10.9 Å². The second-order valence-electron chi connectivity index (χ2n) is 5.28. The van der Waals surface area contributed by atoms with Crippen LogP contribution in [0.4, 0.5) is 0 Å². The molecule has 1 aromatic heterocycles. The minimum absolute atomic E-state index is 0.0340. The number of benzene rings is 1. The van der Waals surface area contributed by atoms with Crippen LogP contribution in [0.5, 0.6) is 0 Å². The van der Waals surface area contributed by atoms with Gasteiger partial charge in [-0.1, -0.05) is 28.1 Å². The lowest BCUT2D eigenvalue weighted by Crippen LogP contribution is -2.44. The highest BCUT2D eigenvalue weighted by Gasteiger charge is 2.42. The summed E-state index contributed by atoms with van der Waals surface area (Å²) in [4.78, 5) is 18.8. The molecule has 4 rings (SSSR count). The summed E-state index contributed by atoms with van der Waals surface area (Å²) in [5.41, 5.74) is 1.95. The highest BCUT2D eigenvalue weighted by Crippen LogP contribution is 2.34. The molecule has 5 nitrogen and oxygen atoms in total. The first-order chi connectivity index (χ1) is 10.3. The van der Waals surface area contributed by atoms with Crippen LogP contribution < -0.4 is 5.32 Å². The van der Waals surface area contributed by atoms with Gasteiger partial charge >= 0.3 is 0 Å². The average molecular weight is 348 g/mol. The topological polar surface area (TPSA) is 54.5 Å². The Morgan fingerprint density at radius 3 is 3.19 bits per heavy atom. The van der Waals surface area contributed by atoms with Gasteiger partial charge in [-0.25, -0.2) is 0 Å². The summed E-state index contributed by atoms with van der Waals surface area (Å²) in [6, 6.07) is 7.80. The maximum Gasteiger partial charge on any atom is 0.241 e. The Hall–Kier alpha value is -1.50. The van der Waals surface area contributed by atoms with Crippen molar-refractivity contribution >= 4 is 32.7 Å². The first-order valence-electron chi connectivity index (χ1n) is 6.93. The molecule has 0 spiro atoms. The summed E-state index contributed by atoms with van der Waals surface area (Å²) in [6.07, 6.45) is 1.66. The van der Waals surface area contributed by atoms with Crippen molar-refractivity contribution in [2.75, 3.05) is 19.8 Å². The minimum Gasteiger partial charge on any atom is -0.378 e. The fourth-order valence-corrected chi connectivity index (χ4v) is 3.55. The summed E-state index contributed by atoms with van der Waals surface area (Å²) in [5, 5.41) is 4.13. The highest BCUT2D eigenvalue weighted by molar-refractivity contribution is 9.10. The van der Waals surface area contributed by atoms with Gasteiger partial charge in [-0.05, 0) is 12.1 Å². The fraction of sp³-hybridized carbons (Fsp3) is 0.333. The molecule has 3 heterocycles. The van der Waals surface area contributed by atoms with E-state index >= 15 is 0 Å². The third kappa shape index (κ3) is 2.06. The maximum atomic E-state index is 12.1. The molecular weight excluding hydrogens is 334 g/mol. The predicted octanol–water partition coefficient (Wildman–Crippen LogP) is 1.83. The molecule has 108 valence electrons. The van der Waals surface area contributed by atoms with Crippen LogP contribution in [0.2, 0.25) is 0 Å². The number of carbonyl (C=O) groups is 1. The lowest BCUT2D eigenvalue weighted by Gasteiger charge is -2.31. The molecule has 2 fully saturated rings. The fourth-order valence-electron chi connectivity index (χ4n) is 3.10. The van der Waals surface area contributed by atoms with Gasteiger partial charge in [0.2, 0.25) is 5.91 Å². The lowest BCUT2D eigenvalue weighted by atomic mass is 10.1. The molecule has 2 aromatic rings. The van der Waals surface area contributed by atoms with Crippen molar-refractivity contribution in [3.05, 3.63) is 40.5 Å². The van der Waals surface area contributed by atoms with Gasteiger partial charge in [0.25, 0.3) is 0 Å². The lowest BCUT2D eigenvalue weighted by molar-refractivity contribution is -0.125. The number of hydrogen-bond donors (Lipinski definition) is 1. The zero-order chi connectivity index (χ0) is 14.4. The quantitative estimate of drug-likeness (QED) is 0.854. The van der Waals surface area contributed by atoms with Crippen molar-refractivity contribution < 1.29 is 9.53 Å². The van der Waals surface area contributed by atoms with E-state index in [4.69, 9.17) is 4.74 Å². The van der Waals surface area contributed by atoms with E-state index in [1.54, 1.807) is 6.20 Å². The van der Waals surface area contributed by atoms with Crippen molar-refractivity contribution in [3.8, 4) is 0 Å². The van der Waals surface area contributed by atoms with Gasteiger partial charge < -0.3 is 10.1 Å². The minimum atomic E-state index is -0.189. The van der Waals surface area contributed by atoms with Crippen LogP contribution in [0.15, 0.2) is 34.9 Å². The molecule has 0 bridgehead atoms. The van der Waals surface area contributed by atoms with Crippen molar-refractivity contribution in [2.45, 2.75) is 12.2 Å². The third-order valence-corrected chi connectivity index (χ3v) is 4.82. The van der Waals surface area contributed by atoms with Crippen LogP contribution >= 0.6 is 15.9 Å². The van der Waals surface area contributed by atoms with E-state index in [-0.39, 0.29) is 18.1 Å². The Labute approximate surface area is 130 Å². The van der Waals surface area contributed by atoms with Gasteiger partial charge in [0.05, 0.1) is 18.7 Å². The molecule has 0 radical (unpaired) electrons. The molecule has 0 saturated carbocycles. The number of morpholine rings is 1. The normalized spacial score (nSPS) is 25.9. The van der Waals surface area contributed by atoms with Crippen LogP contribution in [-0.4, -0.2) is 41.6 Å². The molecule has 0 aliphatic carbocycles. The third-order valence-electron chi connectivity index (χ3n) is 4.13. The molecule has 2 saturated heterocycles. The Kier molecular flexibility index (Phi) is 3.17. The van der Waals surface area contributed by atoms with Crippen LogP contribution in [0.3, 0.4) is 0 Å². The Morgan fingerprint density at radius 1 is 1.38 bits per heavy atom. The number of nitrogens with one attached hydrogen (secondary N) is 1. The molecule has 21 heavy (non-hydrogen) atoms. The number of aromatic nitrogens is 1. The van der Waals surface area contributed by atoms with Gasteiger partial charge in [0, 0.05) is 28.2 Å². The number of halogens is 1. The van der Waals surface area contributed by atoms with E-state index in [0.717, 1.165) is 27.5 Å². The van der Waals surface area contributed by atoms with E-state index in [9.17, 15) is 4.79 Å². The van der Waals surface area contributed by atoms with Crippen LogP contribution in [0, 0.1) is 0 Å². The first-order valence-corrected chi connectivity index (χ1v) is 7.72. The first kappa shape index (κ1) is 13.2. The van der Waals surface area contributed by atoms with Crippen molar-refractivity contribution in [3.63, 3.8) is 0 Å². The number of pyridine rings is 1. The van der Waals surface area contributed by atoms with Crippen molar-refractivity contribution in [2.24, 2.45) is 0 Å². The van der Waals surface area contributed by atoms with Gasteiger partial charge in [-0.15, -0.1) is 0 Å².